The first-order chi connectivity index (χ1) is 9.60. The van der Waals surface area contributed by atoms with Crippen LogP contribution in [0.3, 0.4) is 0 Å². The summed E-state index contributed by atoms with van der Waals surface area (Å²) in [5.74, 6) is 0. The van der Waals surface area contributed by atoms with Gasteiger partial charge in [-0.05, 0) is 13.8 Å². The number of hydrogen-bond donors (Lipinski definition) is 0. The van der Waals surface area contributed by atoms with Crippen LogP contribution in [0.25, 0.3) is 0 Å². The van der Waals surface area contributed by atoms with E-state index in [9.17, 15) is 14.4 Å². The van der Waals surface area contributed by atoms with Gasteiger partial charge in [-0.3, -0.25) is 0 Å². The van der Waals surface area contributed by atoms with Gasteiger partial charge < -0.3 is 28.4 Å². The fourth-order valence-corrected chi connectivity index (χ4v) is 0.861. The first kappa shape index (κ1) is 17.8. The zero-order valence-electron chi connectivity index (χ0n) is 11.4. The lowest BCUT2D eigenvalue weighted by atomic mass is 10.7. The van der Waals surface area contributed by atoms with E-state index < -0.39 is 18.5 Å². The predicted octanol–water partition coefficient (Wildman–Crippen LogP) is 1.49. The largest absolute Gasteiger partial charge is 0.508 e. The molecule has 0 N–H and O–H groups in total. The lowest BCUT2D eigenvalue weighted by Crippen LogP contribution is -2.18. The van der Waals surface area contributed by atoms with E-state index in [2.05, 4.69) is 28.4 Å². The lowest BCUT2D eigenvalue weighted by Gasteiger charge is -2.07. The number of ether oxygens (including phenoxy) is 6. The van der Waals surface area contributed by atoms with Gasteiger partial charge >= 0.3 is 18.5 Å². The molecule has 0 aromatic rings. The van der Waals surface area contributed by atoms with Crippen molar-refractivity contribution in [3.05, 3.63) is 0 Å². The first-order valence-electron chi connectivity index (χ1n) is 5.98. The molecule has 0 saturated heterocycles. The Bertz CT molecular complexity index is 274. The summed E-state index contributed by atoms with van der Waals surface area (Å²) >= 11 is 0. The summed E-state index contributed by atoms with van der Waals surface area (Å²) in [6, 6.07) is 0. The molecule has 0 spiro atoms. The van der Waals surface area contributed by atoms with Crippen LogP contribution in [0.5, 0.6) is 0 Å². The van der Waals surface area contributed by atoms with Crippen LogP contribution in [-0.4, -0.2) is 58.1 Å². The van der Waals surface area contributed by atoms with Crippen LogP contribution in [0.1, 0.15) is 13.8 Å². The highest BCUT2D eigenvalue weighted by Crippen LogP contribution is 1.90. The smallest absolute Gasteiger partial charge is 0.435 e. The maximum absolute atomic E-state index is 11.0. The van der Waals surface area contributed by atoms with Crippen LogP contribution in [0, 0.1) is 0 Å². The van der Waals surface area contributed by atoms with Gasteiger partial charge in [0.25, 0.3) is 0 Å². The molecule has 0 aromatic carbocycles. The Hall–Kier alpha value is -2.19. The van der Waals surface area contributed by atoms with E-state index in [-0.39, 0.29) is 39.6 Å². The minimum absolute atomic E-state index is 0.146. The highest BCUT2D eigenvalue weighted by Gasteiger charge is 2.07. The first-order valence-corrected chi connectivity index (χ1v) is 5.98. The molecule has 9 nitrogen and oxygen atoms in total. The van der Waals surface area contributed by atoms with E-state index in [1.165, 1.54) is 0 Å². The molecule has 0 atom stereocenters. The third-order valence-corrected chi connectivity index (χ3v) is 1.57. The summed E-state index contributed by atoms with van der Waals surface area (Å²) in [4.78, 5) is 32.5. The quantitative estimate of drug-likeness (QED) is 0.373. The van der Waals surface area contributed by atoms with Crippen LogP contribution in [-0.2, 0) is 28.4 Å². The second-order valence-corrected chi connectivity index (χ2v) is 3.01. The third kappa shape index (κ3) is 10.9. The number of rotatable bonds is 8. The van der Waals surface area contributed by atoms with Crippen molar-refractivity contribution in [1.82, 2.24) is 0 Å². The summed E-state index contributed by atoms with van der Waals surface area (Å²) < 4.78 is 27.1. The normalized spacial score (nSPS) is 9.30. The molecule has 0 aromatic heterocycles. The Morgan fingerprint density at radius 1 is 0.550 bits per heavy atom. The van der Waals surface area contributed by atoms with Gasteiger partial charge in [0.1, 0.15) is 26.4 Å². The third-order valence-electron chi connectivity index (χ3n) is 1.57. The van der Waals surface area contributed by atoms with Crippen LogP contribution < -0.4 is 0 Å². The number of hydrogen-bond acceptors (Lipinski definition) is 9. The van der Waals surface area contributed by atoms with Crippen LogP contribution in [0.15, 0.2) is 0 Å². The summed E-state index contributed by atoms with van der Waals surface area (Å²) in [5.41, 5.74) is 0. The van der Waals surface area contributed by atoms with Crippen LogP contribution >= 0.6 is 0 Å². The van der Waals surface area contributed by atoms with Crippen molar-refractivity contribution in [2.75, 3.05) is 39.6 Å². The Labute approximate surface area is 116 Å². The molecule has 0 amide bonds. The molecule has 0 radical (unpaired) electrons. The van der Waals surface area contributed by atoms with Crippen LogP contribution in [0.2, 0.25) is 0 Å². The van der Waals surface area contributed by atoms with E-state index in [0.717, 1.165) is 0 Å². The van der Waals surface area contributed by atoms with Gasteiger partial charge in [0.2, 0.25) is 0 Å². The van der Waals surface area contributed by atoms with E-state index >= 15 is 0 Å². The van der Waals surface area contributed by atoms with Gasteiger partial charge in [-0.1, -0.05) is 0 Å². The van der Waals surface area contributed by atoms with Crippen molar-refractivity contribution in [2.45, 2.75) is 13.8 Å². The summed E-state index contributed by atoms with van der Waals surface area (Å²) in [6.45, 7) is 3.03. The van der Waals surface area contributed by atoms with Gasteiger partial charge in [0, 0.05) is 0 Å². The van der Waals surface area contributed by atoms with E-state index in [4.69, 9.17) is 0 Å². The van der Waals surface area contributed by atoms with Gasteiger partial charge in [-0.2, -0.15) is 0 Å². The summed E-state index contributed by atoms with van der Waals surface area (Å²) in [7, 11) is 0. The van der Waals surface area contributed by atoms with Crippen molar-refractivity contribution < 1.29 is 42.8 Å². The van der Waals surface area contributed by atoms with Crippen molar-refractivity contribution in [1.29, 1.82) is 0 Å². The fraction of sp³-hybridized carbons (Fsp3) is 0.727. The molecular formula is C11H18O9. The minimum Gasteiger partial charge on any atom is -0.435 e. The standard InChI is InChI=1S/C11H18O9/c1-3-15-9(12)17-5-7-19-11(14)20-8-6-18-10(13)16-4-2/h3-8H2,1-2H3. The van der Waals surface area contributed by atoms with E-state index in [0.29, 0.717) is 0 Å². The number of carbonyl (C=O) groups excluding carboxylic acids is 3. The highest BCUT2D eigenvalue weighted by atomic mass is 16.8. The zero-order chi connectivity index (χ0) is 15.2. The van der Waals surface area contributed by atoms with E-state index in [1.807, 2.05) is 0 Å². The molecule has 0 aliphatic carbocycles. The van der Waals surface area contributed by atoms with Gasteiger partial charge in [0.15, 0.2) is 0 Å². The Morgan fingerprint density at radius 2 is 0.800 bits per heavy atom. The average molecular weight is 294 g/mol. The topological polar surface area (TPSA) is 107 Å². The fourth-order valence-electron chi connectivity index (χ4n) is 0.861. The predicted molar refractivity (Wildman–Crippen MR) is 63.2 cm³/mol. The Kier molecular flexibility index (Phi) is 10.6. The molecule has 0 heterocycles. The summed E-state index contributed by atoms with van der Waals surface area (Å²) in [6.07, 6.45) is -2.65. The monoisotopic (exact) mass is 294 g/mol. The van der Waals surface area contributed by atoms with E-state index in [1.54, 1.807) is 13.8 Å². The van der Waals surface area contributed by atoms with Gasteiger partial charge in [0.05, 0.1) is 13.2 Å². The van der Waals surface area contributed by atoms with Crippen molar-refractivity contribution in [2.24, 2.45) is 0 Å². The van der Waals surface area contributed by atoms with Crippen molar-refractivity contribution >= 4 is 18.5 Å². The molecule has 0 rings (SSSR count). The zero-order valence-corrected chi connectivity index (χ0v) is 11.4. The summed E-state index contributed by atoms with van der Waals surface area (Å²) in [5, 5.41) is 0. The maximum atomic E-state index is 11.0. The molecule has 0 fully saturated rings. The second kappa shape index (κ2) is 11.9. The molecule has 20 heavy (non-hydrogen) atoms. The SMILES string of the molecule is CCOC(=O)OCCOC(=O)OCCOC(=O)OCC. The highest BCUT2D eigenvalue weighted by molar-refractivity contribution is 5.61. The molecule has 0 unspecified atom stereocenters. The number of carbonyl (C=O) groups is 3. The maximum Gasteiger partial charge on any atom is 0.508 e. The lowest BCUT2D eigenvalue weighted by molar-refractivity contribution is 0.00654. The Balaban J connectivity index is 3.41. The second-order valence-electron chi connectivity index (χ2n) is 3.01. The van der Waals surface area contributed by atoms with Crippen molar-refractivity contribution in [3.8, 4) is 0 Å². The molecule has 0 saturated carbocycles. The molecular weight excluding hydrogens is 276 g/mol. The van der Waals surface area contributed by atoms with Crippen molar-refractivity contribution in [3.63, 3.8) is 0 Å². The Morgan fingerprint density at radius 3 is 1.05 bits per heavy atom. The minimum atomic E-state index is -0.968. The van der Waals surface area contributed by atoms with Gasteiger partial charge in [-0.25, -0.2) is 14.4 Å². The average Bonchev–Trinajstić information content (AvgIpc) is 2.40. The molecule has 0 aliphatic heterocycles. The molecule has 0 bridgehead atoms. The molecule has 9 heteroatoms. The molecule has 116 valence electrons. The molecule has 0 aliphatic rings. The van der Waals surface area contributed by atoms with Gasteiger partial charge in [-0.15, -0.1) is 0 Å². The van der Waals surface area contributed by atoms with Crippen LogP contribution in [0.4, 0.5) is 14.4 Å².